The van der Waals surface area contributed by atoms with Gasteiger partial charge < -0.3 is 28.5 Å². The van der Waals surface area contributed by atoms with E-state index in [0.29, 0.717) is 17.4 Å². The largest absolute Gasteiger partial charge is 0.756 e. The van der Waals surface area contributed by atoms with E-state index in [-0.39, 0.29) is 31.5 Å². The molecule has 10 heteroatoms. The van der Waals surface area contributed by atoms with Crippen molar-refractivity contribution in [1.29, 1.82) is 0 Å². The smallest absolute Gasteiger partial charge is 0.306 e. The molecule has 83 heavy (non-hydrogen) atoms. The van der Waals surface area contributed by atoms with Crippen LogP contribution in [0.15, 0.2) is 24.3 Å². The molecule has 0 aromatic carbocycles. The molecule has 0 saturated heterocycles. The monoisotopic (exact) mass is 1190 g/mol. The van der Waals surface area contributed by atoms with Crippen LogP contribution in [0.5, 0.6) is 0 Å². The van der Waals surface area contributed by atoms with Crippen molar-refractivity contribution in [3.8, 4) is 0 Å². The molecular weight excluding hydrogens is 1050 g/mol. The van der Waals surface area contributed by atoms with Gasteiger partial charge in [-0.05, 0) is 57.4 Å². The standard InChI is InChI=1S/C73H143N2O7P/c1-7-10-13-16-19-22-25-27-29-31-33-34-35-36-37-38-39-40-42-43-45-47-50-53-56-59-62-65-72(76)74-70(69-81-83(78,79)80-68-67-75(4,5)6)71(64-61-58-55-52-49-24-21-18-15-12-9-3)82-73(77)66-63-60-57-54-51-48-46-44-41-32-30-28-26-23-20-17-14-11-8-2/h28,30,61,64,70-71H,7-27,29,31-60,62-63,65-69H2,1-6H3,(H-,74,76,78,79)/b30-28+,64-61-. The number of nitrogens with one attached hydrogen (secondary N) is 1. The average molecular weight is 1190 g/mol. The Hall–Kier alpha value is -1.51. The van der Waals surface area contributed by atoms with Crippen LogP contribution in [-0.2, 0) is 27.9 Å². The van der Waals surface area contributed by atoms with Crippen LogP contribution in [0.2, 0.25) is 0 Å². The van der Waals surface area contributed by atoms with Crippen LogP contribution in [0.25, 0.3) is 0 Å². The number of amides is 1. The third-order valence-corrected chi connectivity index (χ3v) is 17.8. The van der Waals surface area contributed by atoms with Crippen molar-refractivity contribution in [2.75, 3.05) is 40.9 Å². The first-order valence-corrected chi connectivity index (χ1v) is 38.1. The summed E-state index contributed by atoms with van der Waals surface area (Å²) in [6.07, 6.45) is 77.5. The lowest BCUT2D eigenvalue weighted by atomic mass is 10.0. The van der Waals surface area contributed by atoms with Crippen LogP contribution >= 0.6 is 7.82 Å². The minimum absolute atomic E-state index is 0.0186. The Kier molecular flexibility index (Phi) is 62.4. The van der Waals surface area contributed by atoms with E-state index < -0.39 is 20.0 Å². The van der Waals surface area contributed by atoms with Gasteiger partial charge in [-0.1, -0.05) is 334 Å². The highest BCUT2D eigenvalue weighted by Crippen LogP contribution is 2.38. The molecule has 0 rings (SSSR count). The number of nitrogens with zero attached hydrogens (tertiary/aromatic N) is 1. The van der Waals surface area contributed by atoms with Gasteiger partial charge in [0.25, 0.3) is 7.82 Å². The number of phosphoric acid groups is 1. The van der Waals surface area contributed by atoms with Gasteiger partial charge in [-0.25, -0.2) is 0 Å². The van der Waals surface area contributed by atoms with Gasteiger partial charge in [-0.15, -0.1) is 0 Å². The van der Waals surface area contributed by atoms with Gasteiger partial charge in [0, 0.05) is 12.8 Å². The zero-order valence-corrected chi connectivity index (χ0v) is 57.3. The molecule has 492 valence electrons. The molecule has 0 fully saturated rings. The molecule has 0 aliphatic heterocycles. The highest BCUT2D eigenvalue weighted by molar-refractivity contribution is 7.45. The summed E-state index contributed by atoms with van der Waals surface area (Å²) in [5, 5.41) is 3.05. The second-order valence-corrected chi connectivity index (χ2v) is 27.9. The number of allylic oxidation sites excluding steroid dienone is 3. The topological polar surface area (TPSA) is 114 Å². The predicted molar refractivity (Wildman–Crippen MR) is 358 cm³/mol. The number of esters is 1. The van der Waals surface area contributed by atoms with E-state index in [1.165, 1.54) is 289 Å². The Bertz CT molecular complexity index is 1470. The fourth-order valence-electron chi connectivity index (χ4n) is 11.2. The summed E-state index contributed by atoms with van der Waals surface area (Å²) in [7, 11) is 1.21. The van der Waals surface area contributed by atoms with Crippen LogP contribution < -0.4 is 10.2 Å². The number of phosphoric ester groups is 1. The average Bonchev–Trinajstić information content (AvgIpc) is 3.51. The van der Waals surface area contributed by atoms with E-state index in [0.717, 1.165) is 57.8 Å². The summed E-state index contributed by atoms with van der Waals surface area (Å²) in [4.78, 5) is 40.2. The van der Waals surface area contributed by atoms with Crippen LogP contribution in [-0.4, -0.2) is 69.4 Å². The number of hydrogen-bond acceptors (Lipinski definition) is 7. The van der Waals surface area contributed by atoms with Crippen molar-refractivity contribution in [2.45, 2.75) is 392 Å². The molecule has 0 saturated carbocycles. The molecule has 0 heterocycles. The Morgan fingerprint density at radius 2 is 0.699 bits per heavy atom. The molecule has 0 aromatic rings. The summed E-state index contributed by atoms with van der Waals surface area (Å²) in [5.41, 5.74) is 0. The van der Waals surface area contributed by atoms with Crippen molar-refractivity contribution >= 4 is 19.7 Å². The van der Waals surface area contributed by atoms with E-state index in [1.807, 2.05) is 33.3 Å². The van der Waals surface area contributed by atoms with Crippen LogP contribution in [0.3, 0.4) is 0 Å². The SMILES string of the molecule is CCCCCCCC/C=C/CCCCCCCCCCCC(=O)OC(/C=C\CCCCCCCCCCC)C(COP(=O)([O-])OCC[N+](C)(C)C)NC(=O)CCCCCCCCCCCCCCCCCCCCCCCCCCCCC. The summed E-state index contributed by atoms with van der Waals surface area (Å²) < 4.78 is 30.4. The number of carbonyl (C=O) groups excluding carboxylic acids is 2. The molecule has 1 amide bonds. The maximum atomic E-state index is 13.6. The van der Waals surface area contributed by atoms with E-state index in [2.05, 4.69) is 38.2 Å². The Morgan fingerprint density at radius 3 is 1.02 bits per heavy atom. The Labute approximate surface area is 517 Å². The van der Waals surface area contributed by atoms with Gasteiger partial charge in [0.05, 0.1) is 33.8 Å². The predicted octanol–water partition coefficient (Wildman–Crippen LogP) is 22.6. The number of ether oxygens (including phenoxy) is 1. The van der Waals surface area contributed by atoms with Gasteiger partial charge >= 0.3 is 5.97 Å². The number of carbonyl (C=O) groups is 2. The third kappa shape index (κ3) is 64.8. The number of unbranched alkanes of at least 4 members (excludes halogenated alkanes) is 50. The van der Waals surface area contributed by atoms with Crippen molar-refractivity contribution in [3.63, 3.8) is 0 Å². The van der Waals surface area contributed by atoms with Crippen molar-refractivity contribution in [3.05, 3.63) is 24.3 Å². The van der Waals surface area contributed by atoms with Gasteiger partial charge in [-0.3, -0.25) is 14.2 Å². The minimum Gasteiger partial charge on any atom is -0.756 e. The molecule has 0 bridgehead atoms. The first-order chi connectivity index (χ1) is 40.4. The molecule has 1 N–H and O–H groups in total. The summed E-state index contributed by atoms with van der Waals surface area (Å²) in [5.74, 6) is -0.521. The summed E-state index contributed by atoms with van der Waals surface area (Å²) in [6.45, 7) is 6.90. The summed E-state index contributed by atoms with van der Waals surface area (Å²) in [6, 6.07) is -0.884. The highest BCUT2D eigenvalue weighted by atomic mass is 31.2. The first-order valence-electron chi connectivity index (χ1n) is 36.6. The van der Waals surface area contributed by atoms with Gasteiger partial charge in [-0.2, -0.15) is 0 Å². The van der Waals surface area contributed by atoms with Gasteiger partial charge in [0.2, 0.25) is 5.91 Å². The second-order valence-electron chi connectivity index (χ2n) is 26.5. The van der Waals surface area contributed by atoms with E-state index in [4.69, 9.17) is 13.8 Å². The molecule has 0 aliphatic carbocycles. The molecule has 0 radical (unpaired) electrons. The number of hydrogen-bond donors (Lipinski definition) is 1. The fourth-order valence-corrected chi connectivity index (χ4v) is 12.0. The zero-order valence-electron chi connectivity index (χ0n) is 56.4. The van der Waals surface area contributed by atoms with E-state index in [1.54, 1.807) is 0 Å². The lowest BCUT2D eigenvalue weighted by molar-refractivity contribution is -0.870. The maximum absolute atomic E-state index is 13.6. The zero-order chi connectivity index (χ0) is 60.7. The highest BCUT2D eigenvalue weighted by Gasteiger charge is 2.27. The third-order valence-electron chi connectivity index (χ3n) is 16.9. The quantitative estimate of drug-likeness (QED) is 0.0212. The lowest BCUT2D eigenvalue weighted by Gasteiger charge is -2.30. The van der Waals surface area contributed by atoms with Crippen LogP contribution in [0.4, 0.5) is 0 Å². The minimum atomic E-state index is -4.70. The Balaban J connectivity index is 4.91. The molecule has 3 unspecified atom stereocenters. The number of quaternary nitrogens is 1. The summed E-state index contributed by atoms with van der Waals surface area (Å²) >= 11 is 0. The Morgan fingerprint density at radius 1 is 0.410 bits per heavy atom. The number of rotatable bonds is 68. The van der Waals surface area contributed by atoms with Crippen molar-refractivity contribution < 1.29 is 37.3 Å². The first kappa shape index (κ1) is 81.5. The van der Waals surface area contributed by atoms with Crippen LogP contribution in [0.1, 0.15) is 380 Å². The molecule has 0 aromatic heterocycles. The van der Waals surface area contributed by atoms with Crippen molar-refractivity contribution in [1.82, 2.24) is 5.32 Å². The fraction of sp³-hybridized carbons (Fsp3) is 0.918. The van der Waals surface area contributed by atoms with E-state index >= 15 is 0 Å². The molecule has 0 spiro atoms. The molecular formula is C73H143N2O7P. The molecule has 3 atom stereocenters. The molecule has 9 nitrogen and oxygen atoms in total. The second kappa shape index (κ2) is 63.5. The van der Waals surface area contributed by atoms with Gasteiger partial charge in [0.1, 0.15) is 19.3 Å². The number of likely N-dealkylation sites (N-methyl/N-ethyl adjacent to an activating group) is 1. The van der Waals surface area contributed by atoms with Gasteiger partial charge in [0.15, 0.2) is 0 Å². The normalized spacial score (nSPS) is 13.6. The lowest BCUT2D eigenvalue weighted by Crippen LogP contribution is -2.47. The van der Waals surface area contributed by atoms with Crippen LogP contribution in [0, 0.1) is 0 Å². The maximum Gasteiger partial charge on any atom is 0.306 e. The molecule has 0 aliphatic rings. The van der Waals surface area contributed by atoms with Crippen molar-refractivity contribution in [2.24, 2.45) is 0 Å². The van der Waals surface area contributed by atoms with E-state index in [9.17, 15) is 19.0 Å².